The van der Waals surface area contributed by atoms with Crippen molar-refractivity contribution in [3.8, 4) is 34.2 Å². The van der Waals surface area contributed by atoms with Crippen molar-refractivity contribution >= 4 is 5.82 Å². The normalized spacial score (nSPS) is 13.2. The lowest BCUT2D eigenvalue weighted by Gasteiger charge is -2.12. The van der Waals surface area contributed by atoms with E-state index in [1.54, 1.807) is 21.3 Å². The fourth-order valence-electron chi connectivity index (χ4n) is 3.69. The van der Waals surface area contributed by atoms with Crippen LogP contribution < -0.4 is 19.5 Å². The van der Waals surface area contributed by atoms with E-state index in [2.05, 4.69) is 5.32 Å². The molecule has 0 radical (unpaired) electrons. The van der Waals surface area contributed by atoms with Gasteiger partial charge in [0.2, 0.25) is 0 Å². The molecule has 3 aromatic rings. The number of nitrogens with zero attached hydrogens (tertiary/aromatic N) is 2. The zero-order valence-corrected chi connectivity index (χ0v) is 16.5. The van der Waals surface area contributed by atoms with Crippen LogP contribution in [0.2, 0.25) is 0 Å². The van der Waals surface area contributed by atoms with Gasteiger partial charge < -0.3 is 19.5 Å². The quantitative estimate of drug-likeness (QED) is 0.716. The summed E-state index contributed by atoms with van der Waals surface area (Å²) in [4.78, 5) is 0. The van der Waals surface area contributed by atoms with Crippen LogP contribution in [0.5, 0.6) is 17.2 Å². The Morgan fingerprint density at radius 1 is 0.929 bits per heavy atom. The average molecular weight is 379 g/mol. The highest BCUT2D eigenvalue weighted by Crippen LogP contribution is 2.40. The van der Waals surface area contributed by atoms with Crippen LogP contribution in [0.1, 0.15) is 18.4 Å². The maximum absolute atomic E-state index is 5.65. The van der Waals surface area contributed by atoms with Gasteiger partial charge in [0.1, 0.15) is 34.4 Å². The summed E-state index contributed by atoms with van der Waals surface area (Å²) in [6.07, 6.45) is 3.20. The van der Waals surface area contributed by atoms with E-state index in [0.717, 1.165) is 65.8 Å². The molecule has 0 spiro atoms. The van der Waals surface area contributed by atoms with E-state index in [9.17, 15) is 0 Å². The number of methoxy groups -OCH3 is 3. The second-order valence-corrected chi connectivity index (χ2v) is 6.71. The van der Waals surface area contributed by atoms with Gasteiger partial charge >= 0.3 is 0 Å². The number of hydrogen-bond acceptors (Lipinski definition) is 5. The van der Waals surface area contributed by atoms with Crippen molar-refractivity contribution in [1.82, 2.24) is 9.78 Å². The van der Waals surface area contributed by atoms with Crippen molar-refractivity contribution in [3.05, 3.63) is 48.0 Å². The first-order valence-corrected chi connectivity index (χ1v) is 9.48. The van der Waals surface area contributed by atoms with Gasteiger partial charge in [0.25, 0.3) is 0 Å². The molecule has 2 heterocycles. The summed E-state index contributed by atoms with van der Waals surface area (Å²) in [6, 6.07) is 13.8. The molecule has 0 fully saturated rings. The van der Waals surface area contributed by atoms with E-state index in [0.29, 0.717) is 0 Å². The number of hydrogen-bond donors (Lipinski definition) is 1. The maximum atomic E-state index is 5.65. The van der Waals surface area contributed by atoms with Gasteiger partial charge in [0.15, 0.2) is 0 Å². The Labute approximate surface area is 165 Å². The standard InChI is InChI=1S/C22H25N3O3/c1-26-15-11-12-16(20(14-15)28-3)21-17-8-6-7-13-23-22(17)25(24-21)18-9-4-5-10-19(18)27-2/h4-5,9-12,14,23H,6-8,13H2,1-3H3. The predicted octanol–water partition coefficient (Wildman–Crippen LogP) is 4.31. The SMILES string of the molecule is COc1ccc(-c2nn(-c3ccccc3OC)c3c2CCCCN3)c(OC)c1. The molecule has 6 nitrogen and oxygen atoms in total. The number of nitrogens with one attached hydrogen (secondary N) is 1. The van der Waals surface area contributed by atoms with Crippen molar-refractivity contribution in [2.24, 2.45) is 0 Å². The van der Waals surface area contributed by atoms with Crippen molar-refractivity contribution in [2.75, 3.05) is 33.2 Å². The third-order valence-corrected chi connectivity index (χ3v) is 5.11. The van der Waals surface area contributed by atoms with Crippen molar-refractivity contribution < 1.29 is 14.2 Å². The smallest absolute Gasteiger partial charge is 0.144 e. The topological polar surface area (TPSA) is 57.5 Å². The Morgan fingerprint density at radius 3 is 2.54 bits per heavy atom. The van der Waals surface area contributed by atoms with Crippen molar-refractivity contribution in [1.29, 1.82) is 0 Å². The Kier molecular flexibility index (Phi) is 5.10. The number of benzene rings is 2. The molecule has 0 unspecified atom stereocenters. The Balaban J connectivity index is 1.93. The molecule has 0 saturated carbocycles. The fourth-order valence-corrected chi connectivity index (χ4v) is 3.69. The highest BCUT2D eigenvalue weighted by Gasteiger charge is 2.24. The van der Waals surface area contributed by atoms with Crippen LogP contribution in [0.3, 0.4) is 0 Å². The molecule has 1 aliphatic heterocycles. The number of para-hydroxylation sites is 2. The van der Waals surface area contributed by atoms with E-state index < -0.39 is 0 Å². The number of anilines is 1. The summed E-state index contributed by atoms with van der Waals surface area (Å²) >= 11 is 0. The molecule has 2 aromatic carbocycles. The number of fused-ring (bicyclic) bond motifs is 1. The molecular formula is C22H25N3O3. The first-order chi connectivity index (χ1) is 13.8. The summed E-state index contributed by atoms with van der Waals surface area (Å²) in [5.74, 6) is 3.31. The van der Waals surface area contributed by atoms with Crippen LogP contribution in [-0.4, -0.2) is 37.7 Å². The lowest BCUT2D eigenvalue weighted by atomic mass is 10.0. The van der Waals surface area contributed by atoms with Gasteiger partial charge in [0.05, 0.1) is 21.3 Å². The van der Waals surface area contributed by atoms with Gasteiger partial charge in [-0.1, -0.05) is 12.1 Å². The molecule has 0 aliphatic carbocycles. The Morgan fingerprint density at radius 2 is 1.75 bits per heavy atom. The maximum Gasteiger partial charge on any atom is 0.144 e. The number of ether oxygens (including phenoxy) is 3. The summed E-state index contributed by atoms with van der Waals surface area (Å²) in [5.41, 5.74) is 3.99. The van der Waals surface area contributed by atoms with Crippen LogP contribution >= 0.6 is 0 Å². The van der Waals surface area contributed by atoms with E-state index in [-0.39, 0.29) is 0 Å². The molecule has 4 rings (SSSR count). The molecule has 0 amide bonds. The van der Waals surface area contributed by atoms with Gasteiger partial charge in [-0.3, -0.25) is 0 Å². The van der Waals surface area contributed by atoms with E-state index in [4.69, 9.17) is 19.3 Å². The third kappa shape index (κ3) is 3.15. The molecule has 1 aliphatic rings. The van der Waals surface area contributed by atoms with Crippen LogP contribution in [0.15, 0.2) is 42.5 Å². The third-order valence-electron chi connectivity index (χ3n) is 5.11. The summed E-state index contributed by atoms with van der Waals surface area (Å²) in [6.45, 7) is 0.924. The molecule has 0 atom stereocenters. The summed E-state index contributed by atoms with van der Waals surface area (Å²) < 4.78 is 18.5. The summed E-state index contributed by atoms with van der Waals surface area (Å²) in [5, 5.41) is 8.57. The molecule has 1 aromatic heterocycles. The lowest BCUT2D eigenvalue weighted by molar-refractivity contribution is 0.395. The minimum atomic E-state index is 0.746. The van der Waals surface area contributed by atoms with Gasteiger partial charge in [0, 0.05) is 23.7 Å². The predicted molar refractivity (Wildman–Crippen MR) is 110 cm³/mol. The molecule has 146 valence electrons. The molecule has 0 saturated heterocycles. The number of aromatic nitrogens is 2. The van der Waals surface area contributed by atoms with E-state index in [1.165, 1.54) is 5.56 Å². The zero-order chi connectivity index (χ0) is 19.5. The average Bonchev–Trinajstić information content (AvgIpc) is 2.93. The van der Waals surface area contributed by atoms with Crippen LogP contribution in [0, 0.1) is 0 Å². The summed E-state index contributed by atoms with van der Waals surface area (Å²) in [7, 11) is 5.01. The van der Waals surface area contributed by atoms with Crippen molar-refractivity contribution in [3.63, 3.8) is 0 Å². The minimum Gasteiger partial charge on any atom is -0.497 e. The molecule has 0 bridgehead atoms. The monoisotopic (exact) mass is 379 g/mol. The van der Waals surface area contributed by atoms with Crippen LogP contribution in [0.4, 0.5) is 5.82 Å². The molecule has 6 heteroatoms. The van der Waals surface area contributed by atoms with Gasteiger partial charge in [-0.25, -0.2) is 4.68 Å². The highest BCUT2D eigenvalue weighted by molar-refractivity contribution is 5.76. The minimum absolute atomic E-state index is 0.746. The molecule has 1 N–H and O–H groups in total. The second-order valence-electron chi connectivity index (χ2n) is 6.71. The highest BCUT2D eigenvalue weighted by atomic mass is 16.5. The first-order valence-electron chi connectivity index (χ1n) is 9.48. The molecule has 28 heavy (non-hydrogen) atoms. The van der Waals surface area contributed by atoms with Gasteiger partial charge in [-0.05, 0) is 43.5 Å². The van der Waals surface area contributed by atoms with E-state index in [1.807, 2.05) is 47.1 Å². The Hall–Kier alpha value is -3.15. The van der Waals surface area contributed by atoms with Gasteiger partial charge in [-0.2, -0.15) is 5.10 Å². The van der Waals surface area contributed by atoms with Crippen LogP contribution in [-0.2, 0) is 6.42 Å². The largest absolute Gasteiger partial charge is 0.497 e. The Bertz CT molecular complexity index is 981. The van der Waals surface area contributed by atoms with Crippen molar-refractivity contribution in [2.45, 2.75) is 19.3 Å². The molecular weight excluding hydrogens is 354 g/mol. The number of rotatable bonds is 5. The van der Waals surface area contributed by atoms with Gasteiger partial charge in [-0.15, -0.1) is 0 Å². The lowest BCUT2D eigenvalue weighted by Crippen LogP contribution is -2.08. The second kappa shape index (κ2) is 7.84. The first kappa shape index (κ1) is 18.2. The fraction of sp³-hybridized carbons (Fsp3) is 0.318. The van der Waals surface area contributed by atoms with E-state index >= 15 is 0 Å². The van der Waals surface area contributed by atoms with Crippen LogP contribution in [0.25, 0.3) is 16.9 Å². The zero-order valence-electron chi connectivity index (χ0n) is 16.5.